The maximum atomic E-state index is 11.2. The number of likely N-dealkylation sites (N-methyl/N-ethyl adjacent to an activating group) is 1. The molecule has 98 valence electrons. The minimum atomic E-state index is -1.03. The number of nitrogens with zero attached hydrogens (tertiary/aromatic N) is 1. The predicted octanol–water partition coefficient (Wildman–Crippen LogP) is 1.09. The van der Waals surface area contributed by atoms with E-state index in [2.05, 4.69) is 15.6 Å². The van der Waals surface area contributed by atoms with Crippen LogP contribution in [-0.2, 0) is 4.79 Å². The van der Waals surface area contributed by atoms with E-state index < -0.39 is 5.97 Å². The largest absolute Gasteiger partial charge is 0.478 e. The lowest BCUT2D eigenvalue weighted by molar-refractivity contribution is -0.118. The molecule has 0 aliphatic heterocycles. The van der Waals surface area contributed by atoms with E-state index in [1.807, 2.05) is 0 Å². The van der Waals surface area contributed by atoms with Gasteiger partial charge in [0.05, 0.1) is 12.1 Å². The van der Waals surface area contributed by atoms with Crippen LogP contribution in [0.3, 0.4) is 0 Å². The summed E-state index contributed by atoms with van der Waals surface area (Å²) in [7, 11) is 1.54. The Labute approximate surface area is 109 Å². The smallest absolute Gasteiger partial charge is 0.337 e. The van der Waals surface area contributed by atoms with Crippen LogP contribution >= 0.6 is 0 Å². The third-order valence-corrected chi connectivity index (χ3v) is 2.72. The molecule has 1 aromatic carbocycles. The van der Waals surface area contributed by atoms with Crippen LogP contribution in [0.4, 0.5) is 5.82 Å². The number of carboxylic acid groups (broad SMARTS) is 1. The van der Waals surface area contributed by atoms with Gasteiger partial charge >= 0.3 is 5.97 Å². The van der Waals surface area contributed by atoms with Gasteiger partial charge in [0.15, 0.2) is 0 Å². The molecule has 0 aliphatic carbocycles. The Hall–Kier alpha value is -2.63. The van der Waals surface area contributed by atoms with Crippen LogP contribution in [0.15, 0.2) is 30.5 Å². The van der Waals surface area contributed by atoms with E-state index in [0.29, 0.717) is 16.6 Å². The first-order valence-electron chi connectivity index (χ1n) is 5.69. The van der Waals surface area contributed by atoms with E-state index in [1.54, 1.807) is 31.3 Å². The molecule has 2 aromatic rings. The number of fused-ring (bicyclic) bond motifs is 1. The predicted molar refractivity (Wildman–Crippen MR) is 71.3 cm³/mol. The molecular weight excluding hydrogens is 246 g/mol. The van der Waals surface area contributed by atoms with Crippen LogP contribution in [0, 0.1) is 0 Å². The molecular formula is C13H13N3O3. The van der Waals surface area contributed by atoms with E-state index in [4.69, 9.17) is 5.11 Å². The van der Waals surface area contributed by atoms with E-state index in [9.17, 15) is 9.59 Å². The second-order valence-corrected chi connectivity index (χ2v) is 3.90. The first kappa shape index (κ1) is 12.8. The van der Waals surface area contributed by atoms with Crippen LogP contribution in [0.5, 0.6) is 0 Å². The van der Waals surface area contributed by atoms with E-state index in [1.165, 1.54) is 6.20 Å². The molecule has 1 heterocycles. The van der Waals surface area contributed by atoms with E-state index in [0.717, 1.165) is 0 Å². The third-order valence-electron chi connectivity index (χ3n) is 2.72. The van der Waals surface area contributed by atoms with Crippen molar-refractivity contribution in [3.63, 3.8) is 0 Å². The highest BCUT2D eigenvalue weighted by atomic mass is 16.4. The molecule has 0 aliphatic rings. The van der Waals surface area contributed by atoms with Crippen LogP contribution in [0.25, 0.3) is 10.8 Å². The summed E-state index contributed by atoms with van der Waals surface area (Å²) >= 11 is 0. The van der Waals surface area contributed by atoms with Gasteiger partial charge in [0.2, 0.25) is 5.91 Å². The molecule has 0 saturated heterocycles. The zero-order chi connectivity index (χ0) is 13.8. The van der Waals surface area contributed by atoms with Gasteiger partial charge in [-0.05, 0) is 0 Å². The second kappa shape index (κ2) is 5.34. The summed E-state index contributed by atoms with van der Waals surface area (Å²) in [5.74, 6) is -0.709. The summed E-state index contributed by atoms with van der Waals surface area (Å²) in [4.78, 5) is 26.4. The summed E-state index contributed by atoms with van der Waals surface area (Å²) in [5.41, 5.74) is 0.140. The van der Waals surface area contributed by atoms with E-state index in [-0.39, 0.29) is 18.0 Å². The summed E-state index contributed by atoms with van der Waals surface area (Å²) in [6, 6.07) is 7.03. The number of carbonyl (C=O) groups excluding carboxylic acids is 1. The number of hydrogen-bond donors (Lipinski definition) is 3. The summed E-state index contributed by atoms with van der Waals surface area (Å²) < 4.78 is 0. The molecule has 0 radical (unpaired) electrons. The number of aromatic carboxylic acids is 1. The topological polar surface area (TPSA) is 91.3 Å². The number of nitrogens with one attached hydrogen (secondary N) is 2. The maximum Gasteiger partial charge on any atom is 0.337 e. The molecule has 0 unspecified atom stereocenters. The van der Waals surface area contributed by atoms with Crippen molar-refractivity contribution in [2.45, 2.75) is 0 Å². The van der Waals surface area contributed by atoms with Crippen molar-refractivity contribution in [1.82, 2.24) is 10.3 Å². The lowest BCUT2D eigenvalue weighted by Crippen LogP contribution is -2.26. The number of benzene rings is 1. The molecule has 1 amide bonds. The van der Waals surface area contributed by atoms with Gasteiger partial charge in [0, 0.05) is 24.0 Å². The van der Waals surface area contributed by atoms with Crippen molar-refractivity contribution in [2.24, 2.45) is 0 Å². The molecule has 3 N–H and O–H groups in total. The Morgan fingerprint density at radius 3 is 2.58 bits per heavy atom. The maximum absolute atomic E-state index is 11.2. The highest BCUT2D eigenvalue weighted by molar-refractivity contribution is 6.06. The lowest BCUT2D eigenvalue weighted by atomic mass is 10.1. The van der Waals surface area contributed by atoms with Gasteiger partial charge < -0.3 is 15.7 Å². The number of carboxylic acids is 1. The lowest BCUT2D eigenvalue weighted by Gasteiger charge is -2.09. The molecule has 0 fully saturated rings. The van der Waals surface area contributed by atoms with Crippen molar-refractivity contribution >= 4 is 28.5 Å². The highest BCUT2D eigenvalue weighted by Gasteiger charge is 2.12. The molecule has 0 bridgehead atoms. The quantitative estimate of drug-likeness (QED) is 0.764. The molecule has 0 atom stereocenters. The zero-order valence-electron chi connectivity index (χ0n) is 10.3. The number of rotatable bonds is 4. The summed E-state index contributed by atoms with van der Waals surface area (Å²) in [5, 5.41) is 15.7. The van der Waals surface area contributed by atoms with Crippen molar-refractivity contribution in [2.75, 3.05) is 18.9 Å². The number of hydrogen-bond acceptors (Lipinski definition) is 4. The van der Waals surface area contributed by atoms with Gasteiger partial charge in [0.1, 0.15) is 5.82 Å². The molecule has 6 heteroatoms. The zero-order valence-corrected chi connectivity index (χ0v) is 10.3. The van der Waals surface area contributed by atoms with Crippen LogP contribution < -0.4 is 10.6 Å². The number of amides is 1. The van der Waals surface area contributed by atoms with Crippen molar-refractivity contribution < 1.29 is 14.7 Å². The van der Waals surface area contributed by atoms with Crippen LogP contribution in [-0.4, -0.2) is 35.6 Å². The Bertz CT molecular complexity index is 640. The molecule has 0 saturated carbocycles. The third kappa shape index (κ3) is 2.62. The fraction of sp³-hybridized carbons (Fsp3) is 0.154. The van der Waals surface area contributed by atoms with Crippen molar-refractivity contribution in [1.29, 1.82) is 0 Å². The second-order valence-electron chi connectivity index (χ2n) is 3.90. The molecule has 6 nitrogen and oxygen atoms in total. The summed E-state index contributed by atoms with van der Waals surface area (Å²) in [6.45, 7) is 0.0832. The number of pyridine rings is 1. The van der Waals surface area contributed by atoms with E-state index >= 15 is 0 Å². The highest BCUT2D eigenvalue weighted by Crippen LogP contribution is 2.24. The number of aromatic nitrogens is 1. The fourth-order valence-corrected chi connectivity index (χ4v) is 1.76. The molecule has 19 heavy (non-hydrogen) atoms. The molecule has 1 aromatic heterocycles. The van der Waals surface area contributed by atoms with Gasteiger partial charge in [-0.25, -0.2) is 9.78 Å². The standard InChI is InChI=1S/C13H13N3O3/c1-14-11(17)7-16-12-9-5-3-2-4-8(9)10(6-15-12)13(18)19/h2-6H,7H2,1H3,(H,14,17)(H,15,16)(H,18,19). The minimum Gasteiger partial charge on any atom is -0.478 e. The van der Waals surface area contributed by atoms with Gasteiger partial charge in [-0.1, -0.05) is 24.3 Å². The van der Waals surface area contributed by atoms with Gasteiger partial charge in [-0.15, -0.1) is 0 Å². The Kier molecular flexibility index (Phi) is 3.61. The average Bonchev–Trinajstić information content (AvgIpc) is 2.43. The van der Waals surface area contributed by atoms with Gasteiger partial charge in [0.25, 0.3) is 0 Å². The first-order chi connectivity index (χ1) is 9.13. The average molecular weight is 259 g/mol. The summed E-state index contributed by atoms with van der Waals surface area (Å²) in [6.07, 6.45) is 1.29. The SMILES string of the molecule is CNC(=O)CNc1ncc(C(=O)O)c2ccccc12. The number of carbonyl (C=O) groups is 2. The molecule has 0 spiro atoms. The Morgan fingerprint density at radius 2 is 1.95 bits per heavy atom. The van der Waals surface area contributed by atoms with Crippen LogP contribution in [0.2, 0.25) is 0 Å². The Balaban J connectivity index is 2.44. The fourth-order valence-electron chi connectivity index (χ4n) is 1.76. The monoisotopic (exact) mass is 259 g/mol. The number of anilines is 1. The molecule has 2 rings (SSSR count). The van der Waals surface area contributed by atoms with Gasteiger partial charge in [-0.2, -0.15) is 0 Å². The van der Waals surface area contributed by atoms with Crippen molar-refractivity contribution in [3.05, 3.63) is 36.0 Å². The van der Waals surface area contributed by atoms with Gasteiger partial charge in [-0.3, -0.25) is 4.79 Å². The minimum absolute atomic E-state index is 0.0832. The Morgan fingerprint density at radius 1 is 1.26 bits per heavy atom. The van der Waals surface area contributed by atoms with Crippen LogP contribution in [0.1, 0.15) is 10.4 Å². The normalized spacial score (nSPS) is 10.2. The van der Waals surface area contributed by atoms with Crippen molar-refractivity contribution in [3.8, 4) is 0 Å². The first-order valence-corrected chi connectivity index (χ1v) is 5.69.